The minimum Gasteiger partial charge on any atom is -0.394 e. The van der Waals surface area contributed by atoms with E-state index >= 15 is 0 Å². The number of aliphatic hydroxyl groups is 3. The van der Waals surface area contributed by atoms with Crippen molar-refractivity contribution in [1.29, 1.82) is 0 Å². The number of thioether (sulfide) groups is 1. The Labute approximate surface area is 87.1 Å². The monoisotopic (exact) mass is 242 g/mol. The Hall–Kier alpha value is 0.180. The molecule has 1 aliphatic heterocycles. The van der Waals surface area contributed by atoms with Crippen molar-refractivity contribution in [1.82, 2.24) is 0 Å². The van der Waals surface area contributed by atoms with Crippen molar-refractivity contribution in [2.75, 3.05) is 23.9 Å². The fourth-order valence-corrected chi connectivity index (χ4v) is 4.88. The van der Waals surface area contributed by atoms with Crippen LogP contribution in [0.1, 0.15) is 0 Å². The van der Waals surface area contributed by atoms with Gasteiger partial charge in [-0.3, -0.25) is 0 Å². The predicted molar refractivity (Wildman–Crippen MR) is 54.0 cm³/mol. The number of hydrogen-bond acceptors (Lipinski definition) is 6. The molecule has 0 spiro atoms. The minimum absolute atomic E-state index is 0.0447. The van der Waals surface area contributed by atoms with E-state index in [2.05, 4.69) is 0 Å². The lowest BCUT2D eigenvalue weighted by Gasteiger charge is -2.13. The van der Waals surface area contributed by atoms with Crippen LogP contribution in [0.4, 0.5) is 0 Å². The van der Waals surface area contributed by atoms with Crippen molar-refractivity contribution in [3.05, 3.63) is 0 Å². The first-order valence-electron chi connectivity index (χ1n) is 4.23. The van der Waals surface area contributed by atoms with Gasteiger partial charge in [0.25, 0.3) is 0 Å². The topological polar surface area (TPSA) is 94.8 Å². The van der Waals surface area contributed by atoms with Gasteiger partial charge in [0.05, 0.1) is 30.3 Å². The number of aliphatic hydroxyl groups excluding tert-OH is 3. The number of hydrogen-bond donors (Lipinski definition) is 3. The number of sulfone groups is 1. The van der Waals surface area contributed by atoms with E-state index in [9.17, 15) is 13.5 Å². The molecular formula is C7H14O5S2. The lowest BCUT2D eigenvalue weighted by Crippen LogP contribution is -2.24. The van der Waals surface area contributed by atoms with Crippen molar-refractivity contribution in [3.63, 3.8) is 0 Å². The molecule has 0 aromatic rings. The quantitative estimate of drug-likeness (QED) is 0.540. The van der Waals surface area contributed by atoms with Gasteiger partial charge in [-0.25, -0.2) is 8.42 Å². The Balaban J connectivity index is 2.40. The lowest BCUT2D eigenvalue weighted by molar-refractivity contribution is 0.113. The molecular weight excluding hydrogens is 228 g/mol. The summed E-state index contributed by atoms with van der Waals surface area (Å²) in [6.07, 6.45) is -1.70. The molecule has 1 saturated heterocycles. The molecule has 0 saturated carbocycles. The normalized spacial score (nSPS) is 33.1. The SMILES string of the molecule is O=S1(=O)CC(O)C(SCC(O)CO)C1. The maximum Gasteiger partial charge on any atom is 0.154 e. The summed E-state index contributed by atoms with van der Waals surface area (Å²) in [7, 11) is -3.11. The van der Waals surface area contributed by atoms with Crippen LogP contribution < -0.4 is 0 Å². The van der Waals surface area contributed by atoms with Gasteiger partial charge in [-0.2, -0.15) is 11.8 Å². The average molecular weight is 242 g/mol. The van der Waals surface area contributed by atoms with Crippen LogP contribution in [0.25, 0.3) is 0 Å². The zero-order valence-corrected chi connectivity index (χ0v) is 9.17. The van der Waals surface area contributed by atoms with Gasteiger partial charge in [0.2, 0.25) is 0 Å². The van der Waals surface area contributed by atoms with Crippen molar-refractivity contribution in [2.45, 2.75) is 17.5 Å². The third-order valence-corrected chi connectivity index (χ3v) is 5.40. The van der Waals surface area contributed by atoms with Crippen LogP contribution in [-0.2, 0) is 9.84 Å². The number of rotatable bonds is 4. The highest BCUT2D eigenvalue weighted by molar-refractivity contribution is 8.01. The summed E-state index contributed by atoms with van der Waals surface area (Å²) >= 11 is 1.19. The van der Waals surface area contributed by atoms with Crippen LogP contribution in [0.3, 0.4) is 0 Å². The van der Waals surface area contributed by atoms with E-state index in [-0.39, 0.29) is 29.1 Å². The van der Waals surface area contributed by atoms with Crippen molar-refractivity contribution < 1.29 is 23.7 Å². The van der Waals surface area contributed by atoms with E-state index in [1.165, 1.54) is 11.8 Å². The van der Waals surface area contributed by atoms with Crippen molar-refractivity contribution in [2.24, 2.45) is 0 Å². The predicted octanol–water partition coefficient (Wildman–Crippen LogP) is -1.77. The van der Waals surface area contributed by atoms with Crippen LogP contribution in [0.5, 0.6) is 0 Å². The van der Waals surface area contributed by atoms with Crippen LogP contribution in [0, 0.1) is 0 Å². The molecule has 5 nitrogen and oxygen atoms in total. The molecule has 0 bridgehead atoms. The molecule has 0 aromatic heterocycles. The molecule has 0 radical (unpaired) electrons. The van der Waals surface area contributed by atoms with Gasteiger partial charge in [-0.05, 0) is 0 Å². The van der Waals surface area contributed by atoms with Gasteiger partial charge in [0, 0.05) is 11.0 Å². The van der Waals surface area contributed by atoms with Crippen LogP contribution in [-0.4, -0.2) is 65.1 Å². The Kier molecular flexibility index (Phi) is 4.20. The molecule has 1 aliphatic rings. The van der Waals surface area contributed by atoms with E-state index in [4.69, 9.17) is 10.2 Å². The summed E-state index contributed by atoms with van der Waals surface area (Å²) in [4.78, 5) is 0. The molecule has 7 heteroatoms. The highest BCUT2D eigenvalue weighted by Crippen LogP contribution is 2.25. The van der Waals surface area contributed by atoms with Gasteiger partial charge < -0.3 is 15.3 Å². The van der Waals surface area contributed by atoms with E-state index in [1.807, 2.05) is 0 Å². The maximum absolute atomic E-state index is 11.1. The summed E-state index contributed by atoms with van der Waals surface area (Å²) in [6, 6.07) is 0. The second kappa shape index (κ2) is 4.80. The van der Waals surface area contributed by atoms with E-state index in [1.54, 1.807) is 0 Å². The zero-order chi connectivity index (χ0) is 10.8. The standard InChI is InChI=1S/C7H14O5S2/c8-1-5(9)2-13-7-4-14(11,12)3-6(7)10/h5-10H,1-4H2. The third-order valence-electron chi connectivity index (χ3n) is 1.99. The molecule has 14 heavy (non-hydrogen) atoms. The van der Waals surface area contributed by atoms with Gasteiger partial charge >= 0.3 is 0 Å². The first-order chi connectivity index (χ1) is 6.44. The second-order valence-corrected chi connectivity index (χ2v) is 6.78. The lowest BCUT2D eigenvalue weighted by atomic mass is 10.3. The third kappa shape index (κ3) is 3.39. The van der Waals surface area contributed by atoms with E-state index in [0.29, 0.717) is 0 Å². The fraction of sp³-hybridized carbons (Fsp3) is 1.00. The smallest absolute Gasteiger partial charge is 0.154 e. The van der Waals surface area contributed by atoms with Crippen LogP contribution in [0.2, 0.25) is 0 Å². The summed E-state index contributed by atoms with van der Waals surface area (Å²) in [5.41, 5.74) is 0. The summed E-state index contributed by atoms with van der Waals surface area (Å²) in [6.45, 7) is -0.345. The second-order valence-electron chi connectivity index (χ2n) is 3.35. The Bertz CT molecular complexity index is 276. The highest BCUT2D eigenvalue weighted by atomic mass is 32.2. The first-order valence-corrected chi connectivity index (χ1v) is 7.10. The fourth-order valence-electron chi connectivity index (χ4n) is 1.24. The Morgan fingerprint density at radius 1 is 1.43 bits per heavy atom. The van der Waals surface area contributed by atoms with Crippen LogP contribution in [0.15, 0.2) is 0 Å². The Morgan fingerprint density at radius 3 is 2.50 bits per heavy atom. The maximum atomic E-state index is 11.1. The molecule has 0 aliphatic carbocycles. The first kappa shape index (κ1) is 12.3. The molecule has 1 heterocycles. The molecule has 3 N–H and O–H groups in total. The van der Waals surface area contributed by atoms with E-state index < -0.39 is 22.0 Å². The average Bonchev–Trinajstić information content (AvgIpc) is 2.35. The van der Waals surface area contributed by atoms with Gasteiger partial charge in [0.1, 0.15) is 0 Å². The van der Waals surface area contributed by atoms with Gasteiger partial charge in [-0.1, -0.05) is 0 Å². The van der Waals surface area contributed by atoms with E-state index in [0.717, 1.165) is 0 Å². The molecule has 84 valence electrons. The minimum atomic E-state index is -3.11. The molecule has 0 aromatic carbocycles. The summed E-state index contributed by atoms with van der Waals surface area (Å²) in [5, 5.41) is 26.6. The zero-order valence-electron chi connectivity index (χ0n) is 7.54. The largest absolute Gasteiger partial charge is 0.394 e. The van der Waals surface area contributed by atoms with Crippen LogP contribution >= 0.6 is 11.8 Å². The summed E-state index contributed by atoms with van der Waals surface area (Å²) < 4.78 is 22.2. The van der Waals surface area contributed by atoms with Gasteiger partial charge in [0.15, 0.2) is 9.84 Å². The highest BCUT2D eigenvalue weighted by Gasteiger charge is 2.36. The molecule has 3 atom stereocenters. The molecule has 0 amide bonds. The van der Waals surface area contributed by atoms with Gasteiger partial charge in [-0.15, -0.1) is 0 Å². The summed E-state index contributed by atoms with van der Waals surface area (Å²) in [5.74, 6) is 0.00458. The molecule has 1 rings (SSSR count). The molecule has 1 fully saturated rings. The van der Waals surface area contributed by atoms with Crippen molar-refractivity contribution >= 4 is 21.6 Å². The Morgan fingerprint density at radius 2 is 2.07 bits per heavy atom. The molecule has 3 unspecified atom stereocenters. The van der Waals surface area contributed by atoms with Crippen molar-refractivity contribution in [3.8, 4) is 0 Å².